The van der Waals surface area contributed by atoms with E-state index in [0.29, 0.717) is 0 Å². The minimum absolute atomic E-state index is 1.28. The summed E-state index contributed by atoms with van der Waals surface area (Å²) < 4.78 is 4.32. The van der Waals surface area contributed by atoms with Gasteiger partial charge in [-0.1, -0.05) is 0 Å². The highest BCUT2D eigenvalue weighted by atomic mass is 79.9. The Bertz CT molecular complexity index is 453. The molecule has 3 heteroatoms. The van der Waals surface area contributed by atoms with E-state index >= 15 is 0 Å². The zero-order valence-electron chi connectivity index (χ0n) is 7.10. The second-order valence-corrected chi connectivity index (χ2v) is 7.02. The van der Waals surface area contributed by atoms with Crippen LogP contribution in [0.5, 0.6) is 0 Å². The molecule has 0 N–H and O–H groups in total. The molecule has 2 aromatic rings. The van der Waals surface area contributed by atoms with Gasteiger partial charge in [-0.3, -0.25) is 0 Å². The smallest absolute Gasteiger partial charge is 0.0719 e. The predicted molar refractivity (Wildman–Crippen MR) is 64.0 cm³/mol. The minimum Gasteiger partial charge on any atom is -0.139 e. The van der Waals surface area contributed by atoms with E-state index in [-0.39, 0.29) is 0 Å². The van der Waals surface area contributed by atoms with Gasteiger partial charge in [-0.15, -0.1) is 22.7 Å². The number of fused-ring (bicyclic) bond motifs is 3. The fraction of sp³-hybridized carbons (Fsp3) is 0.400. The van der Waals surface area contributed by atoms with Crippen LogP contribution in [0.15, 0.2) is 9.85 Å². The molecule has 1 aliphatic rings. The third kappa shape index (κ3) is 1.29. The second kappa shape index (κ2) is 3.07. The lowest BCUT2D eigenvalue weighted by Crippen LogP contribution is -1.97. The highest BCUT2D eigenvalue weighted by Gasteiger charge is 2.17. The molecule has 1 aliphatic carbocycles. The normalized spacial score (nSPS) is 16.4. The van der Waals surface area contributed by atoms with Crippen molar-refractivity contribution in [2.24, 2.45) is 0 Å². The van der Waals surface area contributed by atoms with Gasteiger partial charge in [0.2, 0.25) is 0 Å². The first kappa shape index (κ1) is 8.45. The zero-order chi connectivity index (χ0) is 8.84. The van der Waals surface area contributed by atoms with Crippen LogP contribution in [0.2, 0.25) is 0 Å². The molecule has 0 spiro atoms. The van der Waals surface area contributed by atoms with Crippen LogP contribution in [0.1, 0.15) is 23.3 Å². The van der Waals surface area contributed by atoms with Crippen LogP contribution in [-0.2, 0) is 12.8 Å². The Balaban J connectivity index is 2.30. The van der Waals surface area contributed by atoms with Gasteiger partial charge in [0.1, 0.15) is 0 Å². The SMILES string of the molecule is Brc1cc2sc3c(c2s1)CCCC3. The van der Waals surface area contributed by atoms with E-state index in [0.717, 1.165) is 0 Å². The van der Waals surface area contributed by atoms with E-state index in [1.165, 1.54) is 34.2 Å². The van der Waals surface area contributed by atoms with Gasteiger partial charge >= 0.3 is 0 Å². The summed E-state index contributed by atoms with van der Waals surface area (Å²) in [7, 11) is 0. The highest BCUT2D eigenvalue weighted by molar-refractivity contribution is 9.11. The Morgan fingerprint density at radius 2 is 2.00 bits per heavy atom. The lowest BCUT2D eigenvalue weighted by atomic mass is 9.99. The molecule has 0 nitrogen and oxygen atoms in total. The van der Waals surface area contributed by atoms with Crippen molar-refractivity contribution in [3.63, 3.8) is 0 Å². The van der Waals surface area contributed by atoms with Crippen molar-refractivity contribution < 1.29 is 0 Å². The number of hydrogen-bond acceptors (Lipinski definition) is 2. The van der Waals surface area contributed by atoms with Crippen LogP contribution < -0.4 is 0 Å². The third-order valence-electron chi connectivity index (χ3n) is 2.59. The summed E-state index contributed by atoms with van der Waals surface area (Å²) in [5.74, 6) is 0. The Morgan fingerprint density at radius 3 is 2.92 bits per heavy atom. The average Bonchev–Trinajstić information content (AvgIpc) is 2.60. The molecule has 0 bridgehead atoms. The molecule has 2 aromatic heterocycles. The summed E-state index contributed by atoms with van der Waals surface area (Å²) in [6.07, 6.45) is 5.40. The van der Waals surface area contributed by atoms with Gasteiger partial charge < -0.3 is 0 Å². The van der Waals surface area contributed by atoms with E-state index < -0.39 is 0 Å². The summed E-state index contributed by atoms with van der Waals surface area (Å²) in [6.45, 7) is 0. The summed E-state index contributed by atoms with van der Waals surface area (Å²) in [5, 5.41) is 0. The molecule has 0 atom stereocenters. The molecule has 0 radical (unpaired) electrons. The summed E-state index contributed by atoms with van der Waals surface area (Å²) in [6, 6.07) is 2.27. The van der Waals surface area contributed by atoms with Crippen LogP contribution in [0.25, 0.3) is 9.40 Å². The predicted octanol–water partition coefficient (Wildman–Crippen LogP) is 4.60. The second-order valence-electron chi connectivity index (χ2n) is 3.45. The number of thiophene rings is 2. The summed E-state index contributed by atoms with van der Waals surface area (Å²) >= 11 is 7.46. The molecule has 0 saturated carbocycles. The standard InChI is InChI=1S/C10H9BrS2/c11-9-5-8-10(13-9)6-3-1-2-4-7(6)12-8/h5H,1-4H2. The molecular weight excluding hydrogens is 264 g/mol. The molecule has 0 amide bonds. The van der Waals surface area contributed by atoms with E-state index in [4.69, 9.17) is 0 Å². The van der Waals surface area contributed by atoms with Gasteiger partial charge in [0, 0.05) is 14.3 Å². The van der Waals surface area contributed by atoms with E-state index in [2.05, 4.69) is 22.0 Å². The molecule has 0 aromatic carbocycles. The Kier molecular flexibility index (Phi) is 2.00. The lowest BCUT2D eigenvalue weighted by molar-refractivity contribution is 0.701. The van der Waals surface area contributed by atoms with Gasteiger partial charge in [-0.05, 0) is 53.2 Å². The number of halogens is 1. The number of rotatable bonds is 0. The first-order valence-electron chi connectivity index (χ1n) is 4.54. The monoisotopic (exact) mass is 272 g/mol. The molecule has 3 rings (SSSR count). The fourth-order valence-corrected chi connectivity index (χ4v) is 5.36. The van der Waals surface area contributed by atoms with Gasteiger partial charge in [-0.2, -0.15) is 0 Å². The van der Waals surface area contributed by atoms with Gasteiger partial charge in [0.05, 0.1) is 3.79 Å². The van der Waals surface area contributed by atoms with Crippen molar-refractivity contribution in [3.8, 4) is 0 Å². The average molecular weight is 273 g/mol. The van der Waals surface area contributed by atoms with Crippen molar-refractivity contribution in [1.82, 2.24) is 0 Å². The maximum absolute atomic E-state index is 3.56. The van der Waals surface area contributed by atoms with Crippen LogP contribution in [0, 0.1) is 0 Å². The molecule has 68 valence electrons. The van der Waals surface area contributed by atoms with Crippen molar-refractivity contribution in [2.45, 2.75) is 25.7 Å². The molecule has 13 heavy (non-hydrogen) atoms. The topological polar surface area (TPSA) is 0 Å². The molecule has 0 aliphatic heterocycles. The largest absolute Gasteiger partial charge is 0.139 e. The van der Waals surface area contributed by atoms with E-state index in [9.17, 15) is 0 Å². The maximum Gasteiger partial charge on any atom is 0.0719 e. The van der Waals surface area contributed by atoms with Crippen molar-refractivity contribution in [1.29, 1.82) is 0 Å². The van der Waals surface area contributed by atoms with Gasteiger partial charge in [0.25, 0.3) is 0 Å². The summed E-state index contributed by atoms with van der Waals surface area (Å²) in [5.41, 5.74) is 1.65. The first-order chi connectivity index (χ1) is 6.34. The summed E-state index contributed by atoms with van der Waals surface area (Å²) in [4.78, 5) is 1.65. The van der Waals surface area contributed by atoms with Crippen molar-refractivity contribution in [2.75, 3.05) is 0 Å². The lowest BCUT2D eigenvalue weighted by Gasteiger charge is -2.09. The molecule has 0 saturated heterocycles. The molecule has 0 fully saturated rings. The van der Waals surface area contributed by atoms with Crippen LogP contribution in [-0.4, -0.2) is 0 Å². The van der Waals surface area contributed by atoms with Crippen LogP contribution in [0.4, 0.5) is 0 Å². The Morgan fingerprint density at radius 1 is 1.15 bits per heavy atom. The quantitative estimate of drug-likeness (QED) is 0.657. The highest BCUT2D eigenvalue weighted by Crippen LogP contribution is 2.42. The minimum atomic E-state index is 1.28. The van der Waals surface area contributed by atoms with Crippen LogP contribution in [0.3, 0.4) is 0 Å². The fourth-order valence-electron chi connectivity index (χ4n) is 2.00. The third-order valence-corrected chi connectivity index (χ3v) is 5.66. The molecular formula is C10H9BrS2. The van der Waals surface area contributed by atoms with E-state index in [1.807, 2.05) is 22.7 Å². The Labute approximate surface area is 93.7 Å². The number of hydrogen-bond donors (Lipinski definition) is 0. The van der Waals surface area contributed by atoms with E-state index in [1.54, 1.807) is 15.1 Å². The van der Waals surface area contributed by atoms with Gasteiger partial charge in [-0.25, -0.2) is 0 Å². The van der Waals surface area contributed by atoms with Crippen molar-refractivity contribution in [3.05, 3.63) is 20.3 Å². The maximum atomic E-state index is 3.56. The Hall–Kier alpha value is 0.140. The molecule has 2 heterocycles. The van der Waals surface area contributed by atoms with Gasteiger partial charge in [0.15, 0.2) is 0 Å². The van der Waals surface area contributed by atoms with Crippen molar-refractivity contribution >= 4 is 48.0 Å². The first-order valence-corrected chi connectivity index (χ1v) is 6.97. The zero-order valence-corrected chi connectivity index (χ0v) is 10.3. The number of aryl methyl sites for hydroxylation is 2. The van der Waals surface area contributed by atoms with Crippen LogP contribution >= 0.6 is 38.6 Å². The molecule has 0 unspecified atom stereocenters.